The van der Waals surface area contributed by atoms with Gasteiger partial charge < -0.3 is 16.2 Å². The summed E-state index contributed by atoms with van der Waals surface area (Å²) in [5.41, 5.74) is 15.9. The zero-order chi connectivity index (χ0) is 22.1. The second-order valence-corrected chi connectivity index (χ2v) is 9.00. The first-order valence-corrected chi connectivity index (χ1v) is 11.7. The number of aromatic nitrogens is 1. The van der Waals surface area contributed by atoms with Crippen LogP contribution in [0.3, 0.4) is 0 Å². The Bertz CT molecular complexity index is 1190. The average molecular weight is 447 g/mol. The van der Waals surface area contributed by atoms with Gasteiger partial charge in [-0.15, -0.1) is 11.3 Å². The third kappa shape index (κ3) is 3.71. The van der Waals surface area contributed by atoms with Gasteiger partial charge in [0.2, 0.25) is 11.9 Å². The Hall–Kier alpha value is -3.39. The number of nitrogens with zero attached hydrogens (tertiary/aromatic N) is 4. The summed E-state index contributed by atoms with van der Waals surface area (Å²) in [6.07, 6.45) is 5.21. The van der Waals surface area contributed by atoms with Gasteiger partial charge in [-0.2, -0.15) is 4.99 Å². The number of methoxy groups -OCH3 is 1. The summed E-state index contributed by atoms with van der Waals surface area (Å²) in [5.74, 6) is 1.48. The molecule has 2 aromatic carbocycles. The van der Waals surface area contributed by atoms with Crippen LogP contribution < -0.4 is 21.1 Å². The van der Waals surface area contributed by atoms with Crippen molar-refractivity contribution < 1.29 is 4.74 Å². The summed E-state index contributed by atoms with van der Waals surface area (Å²) in [6, 6.07) is 16.2. The maximum Gasteiger partial charge on any atom is 0.220 e. The molecule has 0 unspecified atom stereocenters. The van der Waals surface area contributed by atoms with Gasteiger partial charge in [0, 0.05) is 22.2 Å². The van der Waals surface area contributed by atoms with Crippen molar-refractivity contribution in [2.24, 2.45) is 21.5 Å². The van der Waals surface area contributed by atoms with E-state index in [0.29, 0.717) is 5.96 Å². The van der Waals surface area contributed by atoms with Gasteiger partial charge in [0.1, 0.15) is 16.4 Å². The van der Waals surface area contributed by atoms with Crippen LogP contribution in [-0.2, 0) is 0 Å². The first-order chi connectivity index (χ1) is 15.6. The Morgan fingerprint density at radius 3 is 2.59 bits per heavy atom. The van der Waals surface area contributed by atoms with Gasteiger partial charge in [-0.25, -0.2) is 9.98 Å². The molecule has 2 aliphatic rings. The lowest BCUT2D eigenvalue weighted by Gasteiger charge is -2.45. The number of nitrogens with two attached hydrogens (primary N) is 2. The molecule has 1 aromatic heterocycles. The van der Waals surface area contributed by atoms with Crippen molar-refractivity contribution in [2.45, 2.75) is 37.8 Å². The van der Waals surface area contributed by atoms with Gasteiger partial charge in [0.05, 0.1) is 12.8 Å². The van der Waals surface area contributed by atoms with Crippen LogP contribution in [0.1, 0.15) is 32.1 Å². The van der Waals surface area contributed by atoms with Crippen molar-refractivity contribution in [2.75, 3.05) is 12.0 Å². The highest BCUT2D eigenvalue weighted by molar-refractivity contribution is 7.13. The highest BCUT2D eigenvalue weighted by Crippen LogP contribution is 2.40. The quantitative estimate of drug-likeness (QED) is 0.610. The fourth-order valence-electron chi connectivity index (χ4n) is 4.59. The van der Waals surface area contributed by atoms with Crippen LogP contribution in [0.15, 0.2) is 63.9 Å². The standard InChI is InChI=1S/C24H26N6OS/c1-31-19-10-6-7-16(14-19)20-15-32-21(27-20)17-8-5-9-18(13-17)30-23(26)28-22(25)29-24(30)11-3-2-4-12-24/h5-10,13-15H,2-4,11-12H2,1H3,(H4,25,26,28,29). The molecular formula is C24H26N6OS. The zero-order valence-electron chi connectivity index (χ0n) is 18.0. The summed E-state index contributed by atoms with van der Waals surface area (Å²) >= 11 is 1.62. The van der Waals surface area contributed by atoms with Gasteiger partial charge in [-0.3, -0.25) is 4.90 Å². The molecule has 0 radical (unpaired) electrons. The maximum absolute atomic E-state index is 6.39. The van der Waals surface area contributed by atoms with Gasteiger partial charge in [0.25, 0.3) is 0 Å². The molecule has 8 heteroatoms. The molecule has 32 heavy (non-hydrogen) atoms. The smallest absolute Gasteiger partial charge is 0.220 e. The Morgan fingerprint density at radius 1 is 1.00 bits per heavy atom. The lowest BCUT2D eigenvalue weighted by Crippen LogP contribution is -2.58. The summed E-state index contributed by atoms with van der Waals surface area (Å²) in [6.45, 7) is 0. The SMILES string of the molecule is COc1cccc(-c2csc(-c3cccc(N4C(N)=NC(N)=NC45CCCCC5)c3)n2)c1. The van der Waals surface area contributed by atoms with E-state index in [1.165, 1.54) is 6.42 Å². The number of anilines is 1. The minimum absolute atomic E-state index is 0.264. The average Bonchev–Trinajstić information content (AvgIpc) is 3.30. The van der Waals surface area contributed by atoms with Crippen LogP contribution in [0.5, 0.6) is 5.75 Å². The van der Waals surface area contributed by atoms with E-state index in [4.69, 9.17) is 26.2 Å². The highest BCUT2D eigenvalue weighted by atomic mass is 32.1. The minimum atomic E-state index is -0.457. The van der Waals surface area contributed by atoms with E-state index < -0.39 is 5.66 Å². The van der Waals surface area contributed by atoms with Gasteiger partial charge in [-0.05, 0) is 49.9 Å². The lowest BCUT2D eigenvalue weighted by molar-refractivity contribution is 0.305. The van der Waals surface area contributed by atoms with Crippen LogP contribution in [-0.4, -0.2) is 29.7 Å². The molecule has 7 nitrogen and oxygen atoms in total. The van der Waals surface area contributed by atoms with Crippen LogP contribution >= 0.6 is 11.3 Å². The van der Waals surface area contributed by atoms with E-state index in [2.05, 4.69) is 33.5 Å². The maximum atomic E-state index is 6.39. The van der Waals surface area contributed by atoms with Crippen LogP contribution in [0.25, 0.3) is 21.8 Å². The van der Waals surface area contributed by atoms with E-state index in [-0.39, 0.29) is 5.96 Å². The van der Waals surface area contributed by atoms with E-state index in [1.54, 1.807) is 18.4 Å². The first kappa shape index (κ1) is 20.5. The minimum Gasteiger partial charge on any atom is -0.497 e. The fraction of sp³-hybridized carbons (Fsp3) is 0.292. The predicted octanol–water partition coefficient (Wildman–Crippen LogP) is 4.60. The number of hydrogen-bond acceptors (Lipinski definition) is 8. The molecule has 1 aliphatic heterocycles. The number of thiazole rings is 1. The largest absolute Gasteiger partial charge is 0.497 e. The third-order valence-corrected chi connectivity index (χ3v) is 6.96. The monoisotopic (exact) mass is 446 g/mol. The Balaban J connectivity index is 1.50. The fourth-order valence-corrected chi connectivity index (χ4v) is 5.42. The molecule has 164 valence electrons. The summed E-state index contributed by atoms with van der Waals surface area (Å²) < 4.78 is 5.35. The van der Waals surface area contributed by atoms with Gasteiger partial charge in [0.15, 0.2) is 0 Å². The van der Waals surface area contributed by atoms with Crippen molar-refractivity contribution in [1.82, 2.24) is 4.98 Å². The molecule has 0 amide bonds. The molecule has 1 spiro atoms. The Morgan fingerprint density at radius 2 is 1.78 bits per heavy atom. The highest BCUT2D eigenvalue weighted by Gasteiger charge is 2.42. The van der Waals surface area contributed by atoms with E-state index in [9.17, 15) is 0 Å². The number of benzene rings is 2. The second kappa shape index (κ2) is 8.27. The molecule has 0 bridgehead atoms. The normalized spacial score (nSPS) is 17.7. The molecule has 0 atom stereocenters. The topological polar surface area (TPSA) is 102 Å². The molecule has 2 heterocycles. The molecule has 5 rings (SSSR count). The number of ether oxygens (including phenoxy) is 1. The summed E-state index contributed by atoms with van der Waals surface area (Å²) in [7, 11) is 1.67. The molecule has 4 N–H and O–H groups in total. The molecule has 1 fully saturated rings. The van der Waals surface area contributed by atoms with Gasteiger partial charge in [-0.1, -0.05) is 30.7 Å². The lowest BCUT2D eigenvalue weighted by atomic mass is 9.87. The van der Waals surface area contributed by atoms with E-state index in [1.807, 2.05) is 30.3 Å². The molecular weight excluding hydrogens is 420 g/mol. The molecule has 1 saturated carbocycles. The Kier molecular flexibility index (Phi) is 5.30. The van der Waals surface area contributed by atoms with Crippen molar-refractivity contribution in [3.8, 4) is 27.6 Å². The summed E-state index contributed by atoms with van der Waals surface area (Å²) in [5, 5.41) is 3.01. The number of rotatable bonds is 4. The van der Waals surface area contributed by atoms with Crippen LogP contribution in [0.4, 0.5) is 5.69 Å². The Labute approximate surface area is 191 Å². The zero-order valence-corrected chi connectivity index (χ0v) is 18.8. The molecule has 1 aliphatic carbocycles. The summed E-state index contributed by atoms with van der Waals surface area (Å²) in [4.78, 5) is 16.0. The van der Waals surface area contributed by atoms with Crippen molar-refractivity contribution in [1.29, 1.82) is 0 Å². The molecule has 3 aromatic rings. The van der Waals surface area contributed by atoms with Crippen LogP contribution in [0.2, 0.25) is 0 Å². The van der Waals surface area contributed by atoms with E-state index >= 15 is 0 Å². The predicted molar refractivity (Wildman–Crippen MR) is 131 cm³/mol. The van der Waals surface area contributed by atoms with Crippen molar-refractivity contribution in [3.63, 3.8) is 0 Å². The number of hydrogen-bond donors (Lipinski definition) is 2. The van der Waals surface area contributed by atoms with Crippen LogP contribution in [0, 0.1) is 0 Å². The molecule has 0 saturated heterocycles. The van der Waals surface area contributed by atoms with Gasteiger partial charge >= 0.3 is 0 Å². The van der Waals surface area contributed by atoms with E-state index in [0.717, 1.165) is 58.9 Å². The second-order valence-electron chi connectivity index (χ2n) is 8.14. The van der Waals surface area contributed by atoms with Crippen molar-refractivity contribution >= 4 is 28.9 Å². The number of aliphatic imine (C=N–C) groups is 2. The third-order valence-electron chi connectivity index (χ3n) is 6.07. The van der Waals surface area contributed by atoms with Crippen molar-refractivity contribution in [3.05, 3.63) is 53.9 Å². The first-order valence-electron chi connectivity index (χ1n) is 10.8. The number of guanidine groups is 2.